The standard InChI is InChI=1S/C15H16Cl2N2O/c1-11-10-13(12-4-2-3-5-14(12)18-11)15(20)19(8-6-16)9-7-17/h2-5,10H,6-9H2,1H3. The summed E-state index contributed by atoms with van der Waals surface area (Å²) in [6.45, 7) is 2.86. The number of aromatic nitrogens is 1. The molecule has 5 heteroatoms. The van der Waals surface area contributed by atoms with Gasteiger partial charge in [0.2, 0.25) is 0 Å². The number of hydrogen-bond donors (Lipinski definition) is 0. The predicted molar refractivity (Wildman–Crippen MR) is 83.8 cm³/mol. The molecular formula is C15H16Cl2N2O. The monoisotopic (exact) mass is 310 g/mol. The molecule has 1 amide bonds. The van der Waals surface area contributed by atoms with E-state index in [-0.39, 0.29) is 5.91 Å². The SMILES string of the molecule is Cc1cc(C(=O)N(CCCl)CCCl)c2ccccc2n1. The summed E-state index contributed by atoms with van der Waals surface area (Å²) in [6.07, 6.45) is 0. The van der Waals surface area contributed by atoms with E-state index in [9.17, 15) is 4.79 Å². The number of carbonyl (C=O) groups is 1. The number of para-hydroxylation sites is 1. The van der Waals surface area contributed by atoms with Crippen LogP contribution in [0, 0.1) is 6.92 Å². The van der Waals surface area contributed by atoms with Gasteiger partial charge in [0, 0.05) is 35.9 Å². The summed E-state index contributed by atoms with van der Waals surface area (Å²) < 4.78 is 0. The lowest BCUT2D eigenvalue weighted by Gasteiger charge is -2.21. The lowest BCUT2D eigenvalue weighted by molar-refractivity contribution is 0.0777. The van der Waals surface area contributed by atoms with Crippen LogP contribution in [-0.4, -0.2) is 40.6 Å². The second-order valence-electron chi connectivity index (χ2n) is 4.50. The van der Waals surface area contributed by atoms with Crippen molar-refractivity contribution in [2.75, 3.05) is 24.8 Å². The van der Waals surface area contributed by atoms with Crippen molar-refractivity contribution in [3.8, 4) is 0 Å². The second-order valence-corrected chi connectivity index (χ2v) is 5.25. The Bertz CT molecular complexity index is 610. The minimum atomic E-state index is -0.0481. The van der Waals surface area contributed by atoms with E-state index in [4.69, 9.17) is 23.2 Å². The molecule has 0 spiro atoms. The van der Waals surface area contributed by atoms with Gasteiger partial charge in [0.1, 0.15) is 0 Å². The van der Waals surface area contributed by atoms with Crippen LogP contribution in [0.2, 0.25) is 0 Å². The molecule has 2 rings (SSSR count). The first-order chi connectivity index (χ1) is 9.67. The highest BCUT2D eigenvalue weighted by Crippen LogP contribution is 2.20. The zero-order valence-electron chi connectivity index (χ0n) is 11.3. The van der Waals surface area contributed by atoms with Crippen LogP contribution >= 0.6 is 23.2 Å². The van der Waals surface area contributed by atoms with Crippen molar-refractivity contribution in [1.82, 2.24) is 9.88 Å². The number of amides is 1. The zero-order valence-corrected chi connectivity index (χ0v) is 12.8. The van der Waals surface area contributed by atoms with E-state index >= 15 is 0 Å². The Balaban J connectivity index is 2.47. The second kappa shape index (κ2) is 6.91. The van der Waals surface area contributed by atoms with Gasteiger partial charge in [-0.25, -0.2) is 0 Å². The Morgan fingerprint density at radius 2 is 1.85 bits per heavy atom. The summed E-state index contributed by atoms with van der Waals surface area (Å²) in [4.78, 5) is 18.8. The van der Waals surface area contributed by atoms with Gasteiger partial charge in [-0.1, -0.05) is 18.2 Å². The Morgan fingerprint density at radius 3 is 2.50 bits per heavy atom. The maximum Gasteiger partial charge on any atom is 0.254 e. The minimum Gasteiger partial charge on any atom is -0.336 e. The van der Waals surface area contributed by atoms with E-state index in [0.29, 0.717) is 30.4 Å². The van der Waals surface area contributed by atoms with E-state index < -0.39 is 0 Å². The van der Waals surface area contributed by atoms with E-state index in [0.717, 1.165) is 16.6 Å². The number of pyridine rings is 1. The molecule has 0 atom stereocenters. The summed E-state index contributed by atoms with van der Waals surface area (Å²) in [5.41, 5.74) is 2.31. The number of aryl methyl sites for hydroxylation is 1. The van der Waals surface area contributed by atoms with Gasteiger partial charge in [0.15, 0.2) is 0 Å². The Labute approximate surface area is 128 Å². The normalized spacial score (nSPS) is 10.8. The number of alkyl halides is 2. The number of carbonyl (C=O) groups excluding carboxylic acids is 1. The lowest BCUT2D eigenvalue weighted by atomic mass is 10.1. The van der Waals surface area contributed by atoms with Crippen LogP contribution in [-0.2, 0) is 0 Å². The molecule has 0 aliphatic heterocycles. The number of hydrogen-bond acceptors (Lipinski definition) is 2. The summed E-state index contributed by atoms with van der Waals surface area (Å²) in [7, 11) is 0. The van der Waals surface area contributed by atoms with E-state index in [1.54, 1.807) is 4.90 Å². The molecule has 0 aliphatic rings. The van der Waals surface area contributed by atoms with Crippen molar-refractivity contribution >= 4 is 40.0 Å². The summed E-state index contributed by atoms with van der Waals surface area (Å²) in [6, 6.07) is 9.46. The maximum absolute atomic E-state index is 12.7. The Morgan fingerprint density at radius 1 is 1.20 bits per heavy atom. The molecule has 20 heavy (non-hydrogen) atoms. The van der Waals surface area contributed by atoms with Crippen LogP contribution in [0.3, 0.4) is 0 Å². The third-order valence-electron chi connectivity index (χ3n) is 3.07. The highest BCUT2D eigenvalue weighted by molar-refractivity contribution is 6.19. The molecule has 0 N–H and O–H groups in total. The van der Waals surface area contributed by atoms with Gasteiger partial charge in [-0.2, -0.15) is 0 Å². The fourth-order valence-corrected chi connectivity index (χ4v) is 2.58. The Kier molecular flexibility index (Phi) is 5.21. The molecule has 106 valence electrons. The molecule has 2 aromatic rings. The summed E-state index contributed by atoms with van der Waals surface area (Å²) in [5, 5.41) is 0.859. The van der Waals surface area contributed by atoms with Crippen molar-refractivity contribution in [3.63, 3.8) is 0 Å². The molecule has 1 heterocycles. The van der Waals surface area contributed by atoms with Crippen LogP contribution in [0.15, 0.2) is 30.3 Å². The van der Waals surface area contributed by atoms with Crippen molar-refractivity contribution in [1.29, 1.82) is 0 Å². The molecular weight excluding hydrogens is 295 g/mol. The van der Waals surface area contributed by atoms with Gasteiger partial charge in [0.25, 0.3) is 5.91 Å². The molecule has 0 fully saturated rings. The van der Waals surface area contributed by atoms with Gasteiger partial charge in [0.05, 0.1) is 11.1 Å². The number of rotatable bonds is 5. The number of nitrogens with zero attached hydrogens (tertiary/aromatic N) is 2. The van der Waals surface area contributed by atoms with Gasteiger partial charge in [-0.05, 0) is 19.1 Å². The highest BCUT2D eigenvalue weighted by Gasteiger charge is 2.18. The average Bonchev–Trinajstić information content (AvgIpc) is 2.45. The molecule has 0 saturated carbocycles. The third kappa shape index (κ3) is 3.22. The average molecular weight is 311 g/mol. The fourth-order valence-electron chi connectivity index (χ4n) is 2.17. The van der Waals surface area contributed by atoms with Crippen molar-refractivity contribution in [3.05, 3.63) is 41.6 Å². The van der Waals surface area contributed by atoms with Crippen LogP contribution in [0.4, 0.5) is 0 Å². The first kappa shape index (κ1) is 15.1. The molecule has 0 bridgehead atoms. The highest BCUT2D eigenvalue weighted by atomic mass is 35.5. The van der Waals surface area contributed by atoms with Crippen LogP contribution in [0.1, 0.15) is 16.1 Å². The van der Waals surface area contributed by atoms with Crippen molar-refractivity contribution < 1.29 is 4.79 Å². The number of fused-ring (bicyclic) bond motifs is 1. The summed E-state index contributed by atoms with van der Waals surface area (Å²) >= 11 is 11.5. The first-order valence-corrected chi connectivity index (χ1v) is 7.52. The Hall–Kier alpha value is -1.32. The molecule has 1 aromatic heterocycles. The quantitative estimate of drug-likeness (QED) is 0.792. The van der Waals surface area contributed by atoms with Gasteiger partial charge in [-0.15, -0.1) is 23.2 Å². The van der Waals surface area contributed by atoms with Crippen LogP contribution in [0.5, 0.6) is 0 Å². The van der Waals surface area contributed by atoms with Crippen molar-refractivity contribution in [2.24, 2.45) is 0 Å². The number of benzene rings is 1. The minimum absolute atomic E-state index is 0.0481. The number of halogens is 2. The maximum atomic E-state index is 12.7. The van der Waals surface area contributed by atoms with E-state index in [1.807, 2.05) is 37.3 Å². The van der Waals surface area contributed by atoms with E-state index in [1.165, 1.54) is 0 Å². The summed E-state index contributed by atoms with van der Waals surface area (Å²) in [5.74, 6) is 0.739. The molecule has 0 saturated heterocycles. The molecule has 0 aliphatic carbocycles. The van der Waals surface area contributed by atoms with E-state index in [2.05, 4.69) is 4.98 Å². The third-order valence-corrected chi connectivity index (χ3v) is 3.41. The molecule has 0 radical (unpaired) electrons. The zero-order chi connectivity index (χ0) is 14.5. The topological polar surface area (TPSA) is 33.2 Å². The first-order valence-electron chi connectivity index (χ1n) is 6.45. The predicted octanol–water partition coefficient (Wildman–Crippen LogP) is 3.46. The lowest BCUT2D eigenvalue weighted by Crippen LogP contribution is -2.34. The van der Waals surface area contributed by atoms with Gasteiger partial charge < -0.3 is 4.90 Å². The van der Waals surface area contributed by atoms with Crippen LogP contribution in [0.25, 0.3) is 10.9 Å². The largest absolute Gasteiger partial charge is 0.336 e. The molecule has 0 unspecified atom stereocenters. The van der Waals surface area contributed by atoms with Gasteiger partial charge >= 0.3 is 0 Å². The smallest absolute Gasteiger partial charge is 0.254 e. The molecule has 3 nitrogen and oxygen atoms in total. The van der Waals surface area contributed by atoms with Crippen molar-refractivity contribution in [2.45, 2.75) is 6.92 Å². The molecule has 1 aromatic carbocycles. The van der Waals surface area contributed by atoms with Crippen LogP contribution < -0.4 is 0 Å². The van der Waals surface area contributed by atoms with Gasteiger partial charge in [-0.3, -0.25) is 9.78 Å². The fraction of sp³-hybridized carbons (Fsp3) is 0.333.